The maximum absolute atomic E-state index is 5.17. The third-order valence-electron chi connectivity index (χ3n) is 9.91. The zero-order valence-corrected chi connectivity index (χ0v) is 27.2. The van der Waals surface area contributed by atoms with Crippen LogP contribution in [0.4, 0.5) is 0 Å². The second-order valence-corrected chi connectivity index (χ2v) is 12.8. The molecule has 3 heterocycles. The summed E-state index contributed by atoms with van der Waals surface area (Å²) in [6, 6.07) is 67.1. The molecule has 3 nitrogen and oxygen atoms in total. The molecule has 0 saturated carbocycles. The van der Waals surface area contributed by atoms with E-state index in [0.717, 1.165) is 39.5 Å². The largest absolute Gasteiger partial charge is 0.309 e. The van der Waals surface area contributed by atoms with Crippen molar-refractivity contribution in [1.82, 2.24) is 14.1 Å². The van der Waals surface area contributed by atoms with Gasteiger partial charge in [-0.3, -0.25) is 0 Å². The first kappa shape index (κ1) is 28.3. The molecule has 0 fully saturated rings. The number of aromatic nitrogens is 3. The van der Waals surface area contributed by atoms with Crippen molar-refractivity contribution < 1.29 is 0 Å². The first-order valence-corrected chi connectivity index (χ1v) is 17.1. The Balaban J connectivity index is 1.16. The SMILES string of the molecule is c1ccc(-c2cc(-c3ccccc3)nc(-c3ccc(-n4c5ccccc5c5c6c7ccccc7n(-c7ccccc7)c6ccc54)cc3)c2)cc1. The van der Waals surface area contributed by atoms with Gasteiger partial charge in [-0.05, 0) is 71.8 Å². The zero-order chi connectivity index (χ0) is 33.0. The molecule has 7 aromatic carbocycles. The van der Waals surface area contributed by atoms with Crippen molar-refractivity contribution in [1.29, 1.82) is 0 Å². The van der Waals surface area contributed by atoms with Gasteiger partial charge in [-0.15, -0.1) is 0 Å². The summed E-state index contributed by atoms with van der Waals surface area (Å²) in [5, 5.41) is 5.06. The summed E-state index contributed by atoms with van der Waals surface area (Å²) < 4.78 is 4.80. The van der Waals surface area contributed by atoms with E-state index in [1.54, 1.807) is 0 Å². The molecule has 0 radical (unpaired) electrons. The van der Waals surface area contributed by atoms with E-state index in [4.69, 9.17) is 4.98 Å². The van der Waals surface area contributed by atoms with Gasteiger partial charge in [-0.25, -0.2) is 4.98 Å². The Bertz CT molecular complexity index is 2770. The fraction of sp³-hybridized carbons (Fsp3) is 0. The van der Waals surface area contributed by atoms with E-state index in [1.807, 2.05) is 6.07 Å². The van der Waals surface area contributed by atoms with Gasteiger partial charge in [0.2, 0.25) is 0 Å². The van der Waals surface area contributed by atoms with Crippen LogP contribution in [0.2, 0.25) is 0 Å². The smallest absolute Gasteiger partial charge is 0.0715 e. The topological polar surface area (TPSA) is 22.8 Å². The van der Waals surface area contributed by atoms with E-state index < -0.39 is 0 Å². The molecule has 0 atom stereocenters. The maximum Gasteiger partial charge on any atom is 0.0715 e. The fourth-order valence-electron chi connectivity index (χ4n) is 7.67. The van der Waals surface area contributed by atoms with Gasteiger partial charge in [-0.2, -0.15) is 0 Å². The molecule has 0 N–H and O–H groups in total. The monoisotopic (exact) mass is 637 g/mol. The lowest BCUT2D eigenvalue weighted by atomic mass is 10.00. The van der Waals surface area contributed by atoms with Crippen LogP contribution in [0.25, 0.3) is 88.6 Å². The summed E-state index contributed by atoms with van der Waals surface area (Å²) >= 11 is 0. The highest BCUT2D eigenvalue weighted by molar-refractivity contribution is 6.28. The minimum atomic E-state index is 0.953. The van der Waals surface area contributed by atoms with Crippen LogP contribution in [-0.2, 0) is 0 Å². The van der Waals surface area contributed by atoms with Crippen LogP contribution in [0, 0.1) is 0 Å². The van der Waals surface area contributed by atoms with Gasteiger partial charge in [0, 0.05) is 44.0 Å². The summed E-state index contributed by atoms with van der Waals surface area (Å²) in [6.07, 6.45) is 0. The third-order valence-corrected chi connectivity index (χ3v) is 9.91. The van der Waals surface area contributed by atoms with Crippen LogP contribution in [0.1, 0.15) is 0 Å². The molecule has 0 spiro atoms. The molecule has 0 bridgehead atoms. The van der Waals surface area contributed by atoms with Gasteiger partial charge in [0.05, 0.1) is 33.5 Å². The number of hydrogen-bond acceptors (Lipinski definition) is 1. The molecule has 0 aliphatic carbocycles. The zero-order valence-electron chi connectivity index (χ0n) is 27.2. The van der Waals surface area contributed by atoms with Crippen molar-refractivity contribution >= 4 is 43.6 Å². The number of fused-ring (bicyclic) bond motifs is 7. The molecule has 3 heteroatoms. The van der Waals surface area contributed by atoms with E-state index in [0.29, 0.717) is 0 Å². The molecule has 234 valence electrons. The number of para-hydroxylation sites is 3. The standard InChI is InChI=1S/C47H31N3/c1-4-14-32(15-5-1)35-30-40(33-16-6-2-7-17-33)48-41(31-35)34-24-26-37(27-25-34)50-43-23-13-11-21-39(43)47-45(50)29-28-44-46(47)38-20-10-12-22-42(38)49(44)36-18-8-3-9-19-36/h1-31H. The van der Waals surface area contributed by atoms with Crippen LogP contribution in [-0.4, -0.2) is 14.1 Å². The highest BCUT2D eigenvalue weighted by Crippen LogP contribution is 2.42. The average Bonchev–Trinajstić information content (AvgIpc) is 3.72. The number of rotatable bonds is 5. The number of pyridine rings is 1. The predicted octanol–water partition coefficient (Wildman–Crippen LogP) is 12.3. The van der Waals surface area contributed by atoms with E-state index in [1.165, 1.54) is 49.2 Å². The van der Waals surface area contributed by atoms with E-state index in [2.05, 4.69) is 191 Å². The summed E-state index contributed by atoms with van der Waals surface area (Å²) in [7, 11) is 0. The van der Waals surface area contributed by atoms with Crippen molar-refractivity contribution in [2.45, 2.75) is 0 Å². The van der Waals surface area contributed by atoms with Gasteiger partial charge in [0.15, 0.2) is 0 Å². The van der Waals surface area contributed by atoms with Crippen molar-refractivity contribution in [3.63, 3.8) is 0 Å². The Kier molecular flexibility index (Phi) is 6.49. The van der Waals surface area contributed by atoms with Crippen LogP contribution in [0.15, 0.2) is 188 Å². The first-order chi connectivity index (χ1) is 24.8. The second-order valence-electron chi connectivity index (χ2n) is 12.8. The Labute approximate surface area is 290 Å². The summed E-state index contributed by atoms with van der Waals surface area (Å²) in [5.41, 5.74) is 13.5. The number of benzene rings is 7. The lowest BCUT2D eigenvalue weighted by Gasteiger charge is -2.12. The van der Waals surface area contributed by atoms with Crippen LogP contribution < -0.4 is 0 Å². The predicted molar refractivity (Wildman–Crippen MR) is 209 cm³/mol. The minimum Gasteiger partial charge on any atom is -0.309 e. The van der Waals surface area contributed by atoms with Gasteiger partial charge in [0.25, 0.3) is 0 Å². The quantitative estimate of drug-likeness (QED) is 0.184. The molecule has 0 unspecified atom stereocenters. The molecule has 10 rings (SSSR count). The summed E-state index contributed by atoms with van der Waals surface area (Å²) in [4.78, 5) is 5.17. The van der Waals surface area contributed by atoms with Crippen molar-refractivity contribution in [3.05, 3.63) is 188 Å². The highest BCUT2D eigenvalue weighted by atomic mass is 15.0. The van der Waals surface area contributed by atoms with Gasteiger partial charge in [-0.1, -0.05) is 127 Å². The van der Waals surface area contributed by atoms with E-state index in [-0.39, 0.29) is 0 Å². The Hall–Kier alpha value is -6.71. The van der Waals surface area contributed by atoms with Crippen molar-refractivity contribution in [2.24, 2.45) is 0 Å². The second kappa shape index (κ2) is 11.5. The molecule has 0 amide bonds. The summed E-state index contributed by atoms with van der Waals surface area (Å²) in [6.45, 7) is 0. The number of hydrogen-bond donors (Lipinski definition) is 0. The van der Waals surface area contributed by atoms with Gasteiger partial charge in [0.1, 0.15) is 0 Å². The molecular weight excluding hydrogens is 607 g/mol. The summed E-state index contributed by atoms with van der Waals surface area (Å²) in [5.74, 6) is 0. The van der Waals surface area contributed by atoms with Crippen LogP contribution >= 0.6 is 0 Å². The molecular formula is C47H31N3. The molecule has 10 aromatic rings. The normalized spacial score (nSPS) is 11.6. The Morgan fingerprint density at radius 3 is 1.26 bits per heavy atom. The molecule has 0 aliphatic heterocycles. The lowest BCUT2D eigenvalue weighted by Crippen LogP contribution is -1.95. The van der Waals surface area contributed by atoms with Crippen LogP contribution in [0.3, 0.4) is 0 Å². The van der Waals surface area contributed by atoms with Crippen molar-refractivity contribution in [3.8, 4) is 45.0 Å². The molecule has 3 aromatic heterocycles. The fourth-order valence-corrected chi connectivity index (χ4v) is 7.67. The molecule has 0 saturated heterocycles. The van der Waals surface area contributed by atoms with E-state index in [9.17, 15) is 0 Å². The van der Waals surface area contributed by atoms with E-state index >= 15 is 0 Å². The molecule has 0 aliphatic rings. The van der Waals surface area contributed by atoms with Crippen molar-refractivity contribution in [2.75, 3.05) is 0 Å². The van der Waals surface area contributed by atoms with Gasteiger partial charge < -0.3 is 9.13 Å². The Morgan fingerprint density at radius 1 is 0.300 bits per heavy atom. The first-order valence-electron chi connectivity index (χ1n) is 17.1. The third kappa shape index (κ3) is 4.48. The number of nitrogens with zero attached hydrogens (tertiary/aromatic N) is 3. The lowest BCUT2D eigenvalue weighted by molar-refractivity contribution is 1.17. The van der Waals surface area contributed by atoms with Gasteiger partial charge >= 0.3 is 0 Å². The Morgan fingerprint density at radius 2 is 0.720 bits per heavy atom. The van der Waals surface area contributed by atoms with Crippen LogP contribution in [0.5, 0.6) is 0 Å². The average molecular weight is 638 g/mol. The molecule has 50 heavy (non-hydrogen) atoms. The minimum absolute atomic E-state index is 0.953. The highest BCUT2D eigenvalue weighted by Gasteiger charge is 2.20. The maximum atomic E-state index is 5.17.